The van der Waals surface area contributed by atoms with E-state index in [1.807, 2.05) is 4.90 Å². The molecule has 6 heteroatoms. The standard InChI is InChI=1S/C19H27FN4O/c1-2-22-5-7-23(8-6-22)18-4-3-14(9-17(18)20)19(25)24-12-15-10-21-11-16(15)13-24/h3-4,9,15-16,21H,2,5-8,10-13H2,1H3/t15-,16+. The van der Waals surface area contributed by atoms with Crippen LogP contribution < -0.4 is 10.2 Å². The van der Waals surface area contributed by atoms with E-state index >= 15 is 0 Å². The maximum atomic E-state index is 14.7. The third kappa shape index (κ3) is 3.25. The molecule has 1 aromatic rings. The highest BCUT2D eigenvalue weighted by Gasteiger charge is 2.38. The van der Waals surface area contributed by atoms with Gasteiger partial charge in [-0.15, -0.1) is 0 Å². The number of halogens is 1. The van der Waals surface area contributed by atoms with Gasteiger partial charge in [-0.1, -0.05) is 6.92 Å². The van der Waals surface area contributed by atoms with Crippen molar-refractivity contribution in [1.82, 2.24) is 15.1 Å². The van der Waals surface area contributed by atoms with Crippen molar-refractivity contribution in [2.75, 3.05) is 63.8 Å². The van der Waals surface area contributed by atoms with Crippen LogP contribution in [0.5, 0.6) is 0 Å². The monoisotopic (exact) mass is 346 g/mol. The second-order valence-corrected chi connectivity index (χ2v) is 7.48. The van der Waals surface area contributed by atoms with Crippen molar-refractivity contribution in [2.45, 2.75) is 6.92 Å². The van der Waals surface area contributed by atoms with Crippen molar-refractivity contribution in [1.29, 1.82) is 0 Å². The second-order valence-electron chi connectivity index (χ2n) is 7.48. The number of fused-ring (bicyclic) bond motifs is 1. The number of rotatable bonds is 3. The first-order valence-electron chi connectivity index (χ1n) is 9.42. The molecule has 5 nitrogen and oxygen atoms in total. The first-order valence-corrected chi connectivity index (χ1v) is 9.42. The van der Waals surface area contributed by atoms with Crippen LogP contribution in [0.3, 0.4) is 0 Å². The number of hydrogen-bond acceptors (Lipinski definition) is 4. The fourth-order valence-corrected chi connectivity index (χ4v) is 4.41. The minimum absolute atomic E-state index is 0.0318. The summed E-state index contributed by atoms with van der Waals surface area (Å²) in [6, 6.07) is 5.00. The average molecular weight is 346 g/mol. The van der Waals surface area contributed by atoms with Gasteiger partial charge in [0.15, 0.2) is 0 Å². The summed E-state index contributed by atoms with van der Waals surface area (Å²) >= 11 is 0. The zero-order chi connectivity index (χ0) is 17.4. The molecule has 3 saturated heterocycles. The van der Waals surface area contributed by atoms with E-state index in [0.29, 0.717) is 23.1 Å². The number of likely N-dealkylation sites (N-methyl/N-ethyl adjacent to an activating group) is 1. The Kier molecular flexibility index (Phi) is 4.65. The maximum absolute atomic E-state index is 14.7. The first-order chi connectivity index (χ1) is 12.2. The summed E-state index contributed by atoms with van der Waals surface area (Å²) in [5.41, 5.74) is 1.09. The molecule has 3 fully saturated rings. The highest BCUT2D eigenvalue weighted by molar-refractivity contribution is 5.94. The molecule has 0 spiro atoms. The fraction of sp³-hybridized carbons (Fsp3) is 0.632. The molecule has 1 amide bonds. The highest BCUT2D eigenvalue weighted by atomic mass is 19.1. The average Bonchev–Trinajstić information content (AvgIpc) is 3.23. The second kappa shape index (κ2) is 6.92. The number of amides is 1. The number of anilines is 1. The Morgan fingerprint density at radius 1 is 1.16 bits per heavy atom. The summed E-state index contributed by atoms with van der Waals surface area (Å²) in [6.07, 6.45) is 0. The Morgan fingerprint density at radius 3 is 2.44 bits per heavy atom. The summed E-state index contributed by atoms with van der Waals surface area (Å²) in [5.74, 6) is 0.804. The van der Waals surface area contributed by atoms with Gasteiger partial charge in [-0.05, 0) is 36.6 Å². The summed E-state index contributed by atoms with van der Waals surface area (Å²) in [6.45, 7) is 10.3. The van der Waals surface area contributed by atoms with E-state index < -0.39 is 0 Å². The van der Waals surface area contributed by atoms with Crippen LogP contribution in [-0.2, 0) is 0 Å². The quantitative estimate of drug-likeness (QED) is 0.894. The normalized spacial score (nSPS) is 27.0. The molecule has 0 saturated carbocycles. The Morgan fingerprint density at radius 2 is 1.84 bits per heavy atom. The van der Waals surface area contributed by atoms with E-state index in [9.17, 15) is 9.18 Å². The van der Waals surface area contributed by atoms with Gasteiger partial charge < -0.3 is 20.0 Å². The highest BCUT2D eigenvalue weighted by Crippen LogP contribution is 2.28. The van der Waals surface area contributed by atoms with Gasteiger partial charge in [-0.2, -0.15) is 0 Å². The molecule has 0 aliphatic carbocycles. The Hall–Kier alpha value is -1.66. The largest absolute Gasteiger partial charge is 0.367 e. The molecular weight excluding hydrogens is 319 g/mol. The van der Waals surface area contributed by atoms with Crippen LogP contribution in [0, 0.1) is 17.7 Å². The van der Waals surface area contributed by atoms with Gasteiger partial charge in [0.2, 0.25) is 0 Å². The number of nitrogens with one attached hydrogen (secondary N) is 1. The van der Waals surface area contributed by atoms with Gasteiger partial charge in [0.1, 0.15) is 5.82 Å². The van der Waals surface area contributed by atoms with Crippen LogP contribution in [0.15, 0.2) is 18.2 Å². The van der Waals surface area contributed by atoms with Gasteiger partial charge in [0, 0.05) is 57.9 Å². The van der Waals surface area contributed by atoms with Crippen molar-refractivity contribution in [3.8, 4) is 0 Å². The minimum Gasteiger partial charge on any atom is -0.367 e. The number of likely N-dealkylation sites (tertiary alicyclic amines) is 1. The summed E-state index contributed by atoms with van der Waals surface area (Å²) < 4.78 is 14.7. The number of piperazine rings is 1. The molecule has 0 unspecified atom stereocenters. The zero-order valence-corrected chi connectivity index (χ0v) is 14.9. The van der Waals surface area contributed by atoms with E-state index in [-0.39, 0.29) is 11.7 Å². The van der Waals surface area contributed by atoms with Crippen LogP contribution in [0.4, 0.5) is 10.1 Å². The van der Waals surface area contributed by atoms with Crippen LogP contribution in [-0.4, -0.2) is 74.6 Å². The first kappa shape index (κ1) is 16.8. The van der Waals surface area contributed by atoms with E-state index in [1.54, 1.807) is 12.1 Å². The lowest BCUT2D eigenvalue weighted by Crippen LogP contribution is -2.46. The molecule has 3 aliphatic rings. The molecule has 3 heterocycles. The molecule has 25 heavy (non-hydrogen) atoms. The van der Waals surface area contributed by atoms with Crippen LogP contribution in [0.25, 0.3) is 0 Å². The Labute approximate surface area is 148 Å². The van der Waals surface area contributed by atoms with Crippen LogP contribution in [0.2, 0.25) is 0 Å². The summed E-state index contributed by atoms with van der Waals surface area (Å²) in [5, 5.41) is 3.38. The summed E-state index contributed by atoms with van der Waals surface area (Å²) in [7, 11) is 0. The van der Waals surface area contributed by atoms with Crippen molar-refractivity contribution in [3.63, 3.8) is 0 Å². The third-order valence-electron chi connectivity index (χ3n) is 6.03. The Balaban J connectivity index is 1.44. The molecule has 4 rings (SSSR count). The number of carbonyl (C=O) groups excluding carboxylic acids is 1. The predicted molar refractivity (Wildman–Crippen MR) is 96.5 cm³/mol. The smallest absolute Gasteiger partial charge is 0.253 e. The topological polar surface area (TPSA) is 38.8 Å². The molecule has 0 bridgehead atoms. The van der Waals surface area contributed by atoms with E-state index in [4.69, 9.17) is 0 Å². The molecule has 0 radical (unpaired) electrons. The van der Waals surface area contributed by atoms with Gasteiger partial charge in [-0.25, -0.2) is 4.39 Å². The third-order valence-corrected chi connectivity index (χ3v) is 6.03. The molecule has 136 valence electrons. The Bertz CT molecular complexity index is 632. The van der Waals surface area contributed by atoms with Crippen LogP contribution in [0.1, 0.15) is 17.3 Å². The lowest BCUT2D eigenvalue weighted by atomic mass is 10.0. The van der Waals surface area contributed by atoms with Crippen molar-refractivity contribution in [2.24, 2.45) is 11.8 Å². The minimum atomic E-state index is -0.281. The molecule has 1 N–H and O–H groups in total. The maximum Gasteiger partial charge on any atom is 0.253 e. The lowest BCUT2D eigenvalue weighted by Gasteiger charge is -2.35. The van der Waals surface area contributed by atoms with Gasteiger partial charge in [0.25, 0.3) is 5.91 Å². The molecular formula is C19H27FN4O. The van der Waals surface area contributed by atoms with E-state index in [1.165, 1.54) is 6.07 Å². The predicted octanol–water partition coefficient (Wildman–Crippen LogP) is 1.26. The van der Waals surface area contributed by atoms with E-state index in [2.05, 4.69) is 22.0 Å². The zero-order valence-electron chi connectivity index (χ0n) is 14.9. The van der Waals surface area contributed by atoms with E-state index in [0.717, 1.165) is 58.9 Å². The summed E-state index contributed by atoms with van der Waals surface area (Å²) in [4.78, 5) is 19.1. The van der Waals surface area contributed by atoms with Gasteiger partial charge in [-0.3, -0.25) is 4.79 Å². The van der Waals surface area contributed by atoms with Gasteiger partial charge >= 0.3 is 0 Å². The van der Waals surface area contributed by atoms with Crippen LogP contribution >= 0.6 is 0 Å². The van der Waals surface area contributed by atoms with Crippen molar-refractivity contribution >= 4 is 11.6 Å². The molecule has 0 aromatic heterocycles. The van der Waals surface area contributed by atoms with Gasteiger partial charge in [0.05, 0.1) is 5.69 Å². The lowest BCUT2D eigenvalue weighted by molar-refractivity contribution is 0.0781. The van der Waals surface area contributed by atoms with Crippen molar-refractivity contribution < 1.29 is 9.18 Å². The molecule has 2 atom stereocenters. The number of hydrogen-bond donors (Lipinski definition) is 1. The van der Waals surface area contributed by atoms with Crippen molar-refractivity contribution in [3.05, 3.63) is 29.6 Å². The SMILES string of the molecule is CCN1CCN(c2ccc(C(=O)N3C[C@H]4CNC[C@H]4C3)cc2F)CC1. The number of nitrogens with zero attached hydrogens (tertiary/aromatic N) is 3. The molecule has 1 aromatic carbocycles. The number of benzene rings is 1. The number of carbonyl (C=O) groups is 1. The molecule has 3 aliphatic heterocycles. The fourth-order valence-electron chi connectivity index (χ4n) is 4.41.